The Bertz CT molecular complexity index is 425. The number of rotatable bonds is 3. The summed E-state index contributed by atoms with van der Waals surface area (Å²) in [4.78, 5) is 13.5. The predicted octanol–water partition coefficient (Wildman–Crippen LogP) is 1.36. The number of ether oxygens (including phenoxy) is 1. The van der Waals surface area contributed by atoms with E-state index in [0.29, 0.717) is 25.3 Å². The fourth-order valence-corrected chi connectivity index (χ4v) is 2.03. The van der Waals surface area contributed by atoms with Crippen molar-refractivity contribution in [1.82, 2.24) is 4.90 Å². The lowest BCUT2D eigenvalue weighted by Crippen LogP contribution is -2.36. The van der Waals surface area contributed by atoms with Crippen molar-refractivity contribution in [1.29, 1.82) is 0 Å². The van der Waals surface area contributed by atoms with E-state index in [4.69, 9.17) is 4.74 Å². The molecule has 0 bridgehead atoms. The van der Waals surface area contributed by atoms with Gasteiger partial charge in [-0.2, -0.15) is 0 Å². The normalized spacial score (nSPS) is 23.2. The number of carbonyl (C=O) groups excluding carboxylic acids is 1. The maximum atomic E-state index is 11.9. The number of nitrogens with zero attached hydrogens (tertiary/aromatic N) is 1. The number of amides is 1. The molecule has 0 radical (unpaired) electrons. The van der Waals surface area contributed by atoms with E-state index in [1.165, 1.54) is 0 Å². The molecule has 1 saturated heterocycles. The second kappa shape index (κ2) is 4.98. The van der Waals surface area contributed by atoms with Gasteiger partial charge < -0.3 is 14.7 Å². The number of aliphatic hydroxyl groups is 1. The fraction of sp³-hybridized carbons (Fsp3) is 0.500. The van der Waals surface area contributed by atoms with Gasteiger partial charge in [0, 0.05) is 13.1 Å². The lowest BCUT2D eigenvalue weighted by molar-refractivity contribution is -0.133. The smallest absolute Gasteiger partial charge is 0.260 e. The minimum atomic E-state index is -0.750. The van der Waals surface area contributed by atoms with E-state index in [9.17, 15) is 9.90 Å². The van der Waals surface area contributed by atoms with Gasteiger partial charge in [-0.1, -0.05) is 17.7 Å². The highest BCUT2D eigenvalue weighted by atomic mass is 16.5. The molecule has 1 aliphatic rings. The number of carbonyl (C=O) groups is 1. The first-order valence-electron chi connectivity index (χ1n) is 6.16. The first-order valence-corrected chi connectivity index (χ1v) is 6.16. The van der Waals surface area contributed by atoms with Crippen LogP contribution in [0.15, 0.2) is 24.3 Å². The molecule has 4 nitrogen and oxygen atoms in total. The third-order valence-corrected chi connectivity index (χ3v) is 3.19. The van der Waals surface area contributed by atoms with Crippen LogP contribution in [0.25, 0.3) is 0 Å². The molecule has 1 aromatic carbocycles. The molecule has 0 aromatic heterocycles. The van der Waals surface area contributed by atoms with Crippen molar-refractivity contribution in [2.75, 3.05) is 19.7 Å². The van der Waals surface area contributed by atoms with Gasteiger partial charge in [0.2, 0.25) is 0 Å². The molecule has 1 fully saturated rings. The van der Waals surface area contributed by atoms with Crippen molar-refractivity contribution < 1.29 is 14.6 Å². The average Bonchev–Trinajstić information content (AvgIpc) is 2.69. The van der Waals surface area contributed by atoms with Gasteiger partial charge in [0.05, 0.1) is 5.60 Å². The second-order valence-electron chi connectivity index (χ2n) is 5.16. The summed E-state index contributed by atoms with van der Waals surface area (Å²) >= 11 is 0. The molecule has 2 rings (SSSR count). The van der Waals surface area contributed by atoms with Crippen LogP contribution in [0.5, 0.6) is 5.75 Å². The third kappa shape index (κ3) is 3.23. The standard InChI is InChI=1S/C14H19NO3/c1-11-3-5-12(6-4-11)18-9-13(16)15-8-7-14(2,17)10-15/h3-6,17H,7-10H2,1-2H3. The molecular weight excluding hydrogens is 230 g/mol. The highest BCUT2D eigenvalue weighted by molar-refractivity contribution is 5.78. The van der Waals surface area contributed by atoms with Crippen LogP contribution >= 0.6 is 0 Å². The molecule has 98 valence electrons. The zero-order valence-corrected chi connectivity index (χ0v) is 10.8. The minimum absolute atomic E-state index is 0.0269. The van der Waals surface area contributed by atoms with Gasteiger partial charge in [0.25, 0.3) is 5.91 Å². The van der Waals surface area contributed by atoms with E-state index in [2.05, 4.69) is 0 Å². The number of hydrogen-bond acceptors (Lipinski definition) is 3. The molecule has 1 heterocycles. The number of aryl methyl sites for hydroxylation is 1. The van der Waals surface area contributed by atoms with Gasteiger partial charge in [0.15, 0.2) is 6.61 Å². The summed E-state index contributed by atoms with van der Waals surface area (Å²) in [5.74, 6) is 0.619. The Morgan fingerprint density at radius 1 is 1.44 bits per heavy atom. The summed E-state index contributed by atoms with van der Waals surface area (Å²) in [5, 5.41) is 9.79. The summed E-state index contributed by atoms with van der Waals surface area (Å²) < 4.78 is 5.43. The summed E-state index contributed by atoms with van der Waals surface area (Å²) in [6.45, 7) is 4.77. The van der Waals surface area contributed by atoms with Crippen molar-refractivity contribution in [2.24, 2.45) is 0 Å². The lowest BCUT2D eigenvalue weighted by atomic mass is 10.1. The zero-order valence-electron chi connectivity index (χ0n) is 10.8. The molecule has 1 amide bonds. The summed E-state index contributed by atoms with van der Waals surface area (Å²) in [5.41, 5.74) is 0.406. The SMILES string of the molecule is Cc1ccc(OCC(=O)N2CCC(C)(O)C2)cc1. The largest absolute Gasteiger partial charge is 0.484 e. The van der Waals surface area contributed by atoms with Gasteiger partial charge in [-0.25, -0.2) is 0 Å². The highest BCUT2D eigenvalue weighted by Gasteiger charge is 2.33. The quantitative estimate of drug-likeness (QED) is 0.880. The summed E-state index contributed by atoms with van der Waals surface area (Å²) in [7, 11) is 0. The van der Waals surface area contributed by atoms with E-state index in [1.54, 1.807) is 11.8 Å². The summed E-state index contributed by atoms with van der Waals surface area (Å²) in [6, 6.07) is 7.59. The molecule has 1 aliphatic heterocycles. The highest BCUT2D eigenvalue weighted by Crippen LogP contribution is 2.20. The van der Waals surface area contributed by atoms with E-state index in [-0.39, 0.29) is 12.5 Å². The number of β-amino-alcohol motifs (C(OH)–C–C–N with tert-alkyl or cyclic N) is 1. The maximum Gasteiger partial charge on any atom is 0.260 e. The van der Waals surface area contributed by atoms with Crippen LogP contribution < -0.4 is 4.74 Å². The molecular formula is C14H19NO3. The Balaban J connectivity index is 1.84. The van der Waals surface area contributed by atoms with Crippen molar-refractivity contribution in [3.05, 3.63) is 29.8 Å². The van der Waals surface area contributed by atoms with Gasteiger partial charge in [0.1, 0.15) is 5.75 Å². The van der Waals surface area contributed by atoms with Gasteiger partial charge >= 0.3 is 0 Å². The van der Waals surface area contributed by atoms with Crippen LogP contribution in [-0.4, -0.2) is 41.2 Å². The van der Waals surface area contributed by atoms with Gasteiger partial charge in [-0.15, -0.1) is 0 Å². The third-order valence-electron chi connectivity index (χ3n) is 3.19. The number of likely N-dealkylation sites (tertiary alicyclic amines) is 1. The lowest BCUT2D eigenvalue weighted by Gasteiger charge is -2.19. The topological polar surface area (TPSA) is 49.8 Å². The maximum absolute atomic E-state index is 11.9. The molecule has 4 heteroatoms. The number of hydrogen-bond donors (Lipinski definition) is 1. The molecule has 1 N–H and O–H groups in total. The van der Waals surface area contributed by atoms with Crippen molar-refractivity contribution in [3.63, 3.8) is 0 Å². The fourth-order valence-electron chi connectivity index (χ4n) is 2.03. The Morgan fingerprint density at radius 2 is 2.11 bits per heavy atom. The van der Waals surface area contributed by atoms with Crippen LogP contribution in [0, 0.1) is 6.92 Å². The van der Waals surface area contributed by atoms with Crippen LogP contribution in [0.3, 0.4) is 0 Å². The Hall–Kier alpha value is -1.55. The molecule has 18 heavy (non-hydrogen) atoms. The molecule has 1 aromatic rings. The van der Waals surface area contributed by atoms with Crippen LogP contribution in [0.1, 0.15) is 18.9 Å². The van der Waals surface area contributed by atoms with E-state index in [0.717, 1.165) is 5.56 Å². The monoisotopic (exact) mass is 249 g/mol. The van der Waals surface area contributed by atoms with Crippen molar-refractivity contribution in [3.8, 4) is 5.75 Å². The predicted molar refractivity (Wildman–Crippen MR) is 68.5 cm³/mol. The van der Waals surface area contributed by atoms with Crippen LogP contribution in [0.4, 0.5) is 0 Å². The minimum Gasteiger partial charge on any atom is -0.484 e. The van der Waals surface area contributed by atoms with E-state index in [1.807, 2.05) is 31.2 Å². The van der Waals surface area contributed by atoms with Crippen LogP contribution in [-0.2, 0) is 4.79 Å². The van der Waals surface area contributed by atoms with Gasteiger partial charge in [-0.05, 0) is 32.4 Å². The Labute approximate surface area is 107 Å². The molecule has 1 atom stereocenters. The van der Waals surface area contributed by atoms with E-state index < -0.39 is 5.60 Å². The molecule has 0 spiro atoms. The van der Waals surface area contributed by atoms with Crippen molar-refractivity contribution in [2.45, 2.75) is 25.9 Å². The second-order valence-corrected chi connectivity index (χ2v) is 5.16. The molecule has 0 aliphatic carbocycles. The first kappa shape index (κ1) is 12.9. The van der Waals surface area contributed by atoms with E-state index >= 15 is 0 Å². The zero-order chi connectivity index (χ0) is 13.2. The molecule has 0 saturated carbocycles. The average molecular weight is 249 g/mol. The molecule has 1 unspecified atom stereocenters. The first-order chi connectivity index (χ1) is 8.46. The summed E-state index contributed by atoms with van der Waals surface area (Å²) in [6.07, 6.45) is 0.628. The number of benzene rings is 1. The van der Waals surface area contributed by atoms with Gasteiger partial charge in [-0.3, -0.25) is 4.79 Å². The Morgan fingerprint density at radius 3 is 2.67 bits per heavy atom. The van der Waals surface area contributed by atoms with Crippen molar-refractivity contribution >= 4 is 5.91 Å². The van der Waals surface area contributed by atoms with Crippen LogP contribution in [0.2, 0.25) is 0 Å². The Kier molecular flexibility index (Phi) is 3.57.